The van der Waals surface area contributed by atoms with E-state index in [2.05, 4.69) is 6.92 Å². The van der Waals surface area contributed by atoms with Gasteiger partial charge in [0.2, 0.25) is 11.8 Å². The first-order valence-corrected chi connectivity index (χ1v) is 8.25. The highest BCUT2D eigenvalue weighted by molar-refractivity contribution is 8.00. The van der Waals surface area contributed by atoms with E-state index in [0.29, 0.717) is 0 Å². The number of amides is 2. The third kappa shape index (κ3) is 2.16. The Labute approximate surface area is 118 Å². The zero-order chi connectivity index (χ0) is 13.6. The molecule has 0 aromatic rings. The topological polar surface area (TPSA) is 40.6 Å². The van der Waals surface area contributed by atoms with Crippen LogP contribution >= 0.6 is 11.8 Å². The second-order valence-electron chi connectivity index (χ2n) is 6.23. The van der Waals surface area contributed by atoms with Crippen molar-refractivity contribution in [3.05, 3.63) is 0 Å². The minimum atomic E-state index is -0.278. The summed E-state index contributed by atoms with van der Waals surface area (Å²) < 4.78 is 0.144. The number of hydrogen-bond acceptors (Lipinski definition) is 3. The third-order valence-electron chi connectivity index (χ3n) is 4.73. The number of rotatable bonds is 2. The van der Waals surface area contributed by atoms with E-state index in [1.807, 2.05) is 23.6 Å². The summed E-state index contributed by atoms with van der Waals surface area (Å²) in [5.41, 5.74) is 0. The van der Waals surface area contributed by atoms with Gasteiger partial charge in [-0.3, -0.25) is 9.59 Å². The van der Waals surface area contributed by atoms with Gasteiger partial charge in [-0.15, -0.1) is 0 Å². The lowest BCUT2D eigenvalue weighted by Crippen LogP contribution is -2.63. The van der Waals surface area contributed by atoms with Crippen molar-refractivity contribution in [1.82, 2.24) is 9.80 Å². The summed E-state index contributed by atoms with van der Waals surface area (Å²) in [6.07, 6.45) is 4.18. The molecule has 3 unspecified atom stereocenters. The molecule has 3 aliphatic heterocycles. The maximum atomic E-state index is 12.6. The van der Waals surface area contributed by atoms with Crippen molar-refractivity contribution in [2.75, 3.05) is 18.8 Å². The monoisotopic (exact) mass is 282 g/mol. The standard InChI is InChI=1S/C14H22N2O2S/c1-10-12(17)15-7-3-5-11(15)13(18)16(10)9-14(2)6-4-8-19-14/h10-11H,3-9H2,1-2H3. The largest absolute Gasteiger partial charge is 0.329 e. The molecular formula is C14H22N2O2S. The summed E-state index contributed by atoms with van der Waals surface area (Å²) in [5.74, 6) is 1.50. The summed E-state index contributed by atoms with van der Waals surface area (Å²) in [5, 5.41) is 0. The van der Waals surface area contributed by atoms with Gasteiger partial charge in [-0.1, -0.05) is 0 Å². The Bertz CT molecular complexity index is 406. The SMILES string of the molecule is CC1C(=O)N2CCCC2C(=O)N1CC1(C)CCCS1. The van der Waals surface area contributed by atoms with E-state index < -0.39 is 0 Å². The van der Waals surface area contributed by atoms with Crippen LogP contribution in [0, 0.1) is 0 Å². The molecule has 19 heavy (non-hydrogen) atoms. The van der Waals surface area contributed by atoms with Gasteiger partial charge in [0.25, 0.3) is 0 Å². The summed E-state index contributed by atoms with van der Waals surface area (Å²) >= 11 is 1.95. The molecule has 3 atom stereocenters. The smallest absolute Gasteiger partial charge is 0.246 e. The molecule has 3 fully saturated rings. The van der Waals surface area contributed by atoms with Crippen LogP contribution in [0.1, 0.15) is 39.5 Å². The number of nitrogens with zero attached hydrogens (tertiary/aromatic N) is 2. The number of carbonyl (C=O) groups excluding carboxylic acids is 2. The number of piperazine rings is 1. The summed E-state index contributed by atoms with van der Waals surface area (Å²) in [4.78, 5) is 28.6. The maximum Gasteiger partial charge on any atom is 0.246 e. The molecule has 4 nitrogen and oxygen atoms in total. The van der Waals surface area contributed by atoms with E-state index in [1.54, 1.807) is 4.90 Å². The fourth-order valence-electron chi connectivity index (χ4n) is 3.58. The Hall–Kier alpha value is -0.710. The molecule has 5 heteroatoms. The van der Waals surface area contributed by atoms with E-state index in [-0.39, 0.29) is 28.6 Å². The molecule has 0 aromatic heterocycles. The zero-order valence-electron chi connectivity index (χ0n) is 11.7. The second-order valence-corrected chi connectivity index (χ2v) is 7.92. The molecule has 106 valence electrons. The van der Waals surface area contributed by atoms with Crippen LogP contribution in [0.4, 0.5) is 0 Å². The molecule has 2 amide bonds. The third-order valence-corrected chi connectivity index (χ3v) is 6.26. The average Bonchev–Trinajstić information content (AvgIpc) is 3.01. The highest BCUT2D eigenvalue weighted by atomic mass is 32.2. The lowest BCUT2D eigenvalue weighted by molar-refractivity contribution is -0.158. The van der Waals surface area contributed by atoms with Gasteiger partial charge in [0.15, 0.2) is 0 Å². The van der Waals surface area contributed by atoms with Crippen LogP contribution in [0.2, 0.25) is 0 Å². The Kier molecular flexibility index (Phi) is 3.28. The van der Waals surface area contributed by atoms with Crippen LogP contribution in [0.3, 0.4) is 0 Å². The van der Waals surface area contributed by atoms with Crippen molar-refractivity contribution < 1.29 is 9.59 Å². The molecule has 0 bridgehead atoms. The number of carbonyl (C=O) groups is 2. The predicted molar refractivity (Wildman–Crippen MR) is 76.0 cm³/mol. The van der Waals surface area contributed by atoms with Gasteiger partial charge >= 0.3 is 0 Å². The van der Waals surface area contributed by atoms with E-state index in [9.17, 15) is 9.59 Å². The molecule has 0 spiro atoms. The minimum Gasteiger partial charge on any atom is -0.329 e. The molecule has 3 heterocycles. The molecule has 0 radical (unpaired) electrons. The molecule has 0 saturated carbocycles. The first-order chi connectivity index (χ1) is 9.02. The Morgan fingerprint density at radius 1 is 1.32 bits per heavy atom. The highest BCUT2D eigenvalue weighted by Gasteiger charge is 2.47. The van der Waals surface area contributed by atoms with Gasteiger partial charge < -0.3 is 9.80 Å². The minimum absolute atomic E-state index is 0.144. The fraction of sp³-hybridized carbons (Fsp3) is 0.857. The van der Waals surface area contributed by atoms with Crippen LogP contribution in [-0.2, 0) is 9.59 Å². The molecule has 0 aliphatic carbocycles. The second kappa shape index (κ2) is 4.69. The first kappa shape index (κ1) is 13.3. The van der Waals surface area contributed by atoms with Crippen LogP contribution in [0.15, 0.2) is 0 Å². The molecule has 0 aromatic carbocycles. The van der Waals surface area contributed by atoms with Gasteiger partial charge in [0.1, 0.15) is 12.1 Å². The quantitative estimate of drug-likeness (QED) is 0.770. The average molecular weight is 282 g/mol. The Morgan fingerprint density at radius 3 is 2.79 bits per heavy atom. The van der Waals surface area contributed by atoms with Gasteiger partial charge in [-0.2, -0.15) is 11.8 Å². The lowest BCUT2D eigenvalue weighted by Gasteiger charge is -2.43. The van der Waals surface area contributed by atoms with Gasteiger partial charge in [0, 0.05) is 17.8 Å². The van der Waals surface area contributed by atoms with E-state index in [1.165, 1.54) is 12.2 Å². The highest BCUT2D eigenvalue weighted by Crippen LogP contribution is 2.39. The van der Waals surface area contributed by atoms with Crippen LogP contribution in [0.25, 0.3) is 0 Å². The molecule has 0 N–H and O–H groups in total. The molecular weight excluding hydrogens is 260 g/mol. The van der Waals surface area contributed by atoms with E-state index in [0.717, 1.165) is 32.4 Å². The Morgan fingerprint density at radius 2 is 2.11 bits per heavy atom. The molecule has 3 rings (SSSR count). The summed E-state index contributed by atoms with van der Waals surface area (Å²) in [6, 6.07) is -0.446. The summed E-state index contributed by atoms with van der Waals surface area (Å²) in [7, 11) is 0. The van der Waals surface area contributed by atoms with Gasteiger partial charge in [0.05, 0.1) is 0 Å². The van der Waals surface area contributed by atoms with Gasteiger partial charge in [-0.05, 0) is 45.3 Å². The number of thioether (sulfide) groups is 1. The van der Waals surface area contributed by atoms with Crippen molar-refractivity contribution in [3.8, 4) is 0 Å². The number of hydrogen-bond donors (Lipinski definition) is 0. The molecule has 3 aliphatic rings. The maximum absolute atomic E-state index is 12.6. The van der Waals surface area contributed by atoms with E-state index >= 15 is 0 Å². The summed E-state index contributed by atoms with van der Waals surface area (Å²) in [6.45, 7) is 5.61. The fourth-order valence-corrected chi connectivity index (χ4v) is 4.88. The van der Waals surface area contributed by atoms with Crippen molar-refractivity contribution in [3.63, 3.8) is 0 Å². The predicted octanol–water partition coefficient (Wildman–Crippen LogP) is 1.49. The van der Waals surface area contributed by atoms with Crippen molar-refractivity contribution in [1.29, 1.82) is 0 Å². The van der Waals surface area contributed by atoms with Crippen LogP contribution in [-0.4, -0.2) is 57.3 Å². The van der Waals surface area contributed by atoms with Crippen LogP contribution in [0.5, 0.6) is 0 Å². The number of fused-ring (bicyclic) bond motifs is 1. The van der Waals surface area contributed by atoms with Crippen molar-refractivity contribution >= 4 is 23.6 Å². The normalized spacial score (nSPS) is 39.1. The Balaban J connectivity index is 1.80. The van der Waals surface area contributed by atoms with Crippen molar-refractivity contribution in [2.24, 2.45) is 0 Å². The van der Waals surface area contributed by atoms with Crippen LogP contribution < -0.4 is 0 Å². The first-order valence-electron chi connectivity index (χ1n) is 7.27. The van der Waals surface area contributed by atoms with Gasteiger partial charge in [-0.25, -0.2) is 0 Å². The van der Waals surface area contributed by atoms with Crippen molar-refractivity contribution in [2.45, 2.75) is 56.4 Å². The van der Waals surface area contributed by atoms with E-state index in [4.69, 9.17) is 0 Å². The zero-order valence-corrected chi connectivity index (χ0v) is 12.5. The molecule has 3 saturated heterocycles. The lowest BCUT2D eigenvalue weighted by atomic mass is 10.0.